The van der Waals surface area contributed by atoms with Crippen LogP contribution in [-0.4, -0.2) is 27.2 Å². The van der Waals surface area contributed by atoms with Crippen LogP contribution in [0.5, 0.6) is 0 Å². The lowest BCUT2D eigenvalue weighted by Gasteiger charge is -2.04. The normalized spacial score (nSPS) is 9.90. The average molecular weight is 289 g/mol. The number of hydrogen-bond acceptors (Lipinski definition) is 5. The van der Waals surface area contributed by atoms with Gasteiger partial charge in [-0.15, -0.1) is 21.5 Å². The zero-order chi connectivity index (χ0) is 14.4. The monoisotopic (exact) mass is 289 g/mol. The molecule has 3 N–H and O–H groups in total. The number of amides is 1. The predicted molar refractivity (Wildman–Crippen MR) is 77.1 cm³/mol. The summed E-state index contributed by atoms with van der Waals surface area (Å²) >= 11 is 1.34. The maximum absolute atomic E-state index is 12.0. The number of carbonyl (C=O) groups is 1. The first-order chi connectivity index (χ1) is 9.74. The van der Waals surface area contributed by atoms with E-state index < -0.39 is 0 Å². The first-order valence-corrected chi connectivity index (χ1v) is 7.00. The first kappa shape index (κ1) is 14.2. The summed E-state index contributed by atoms with van der Waals surface area (Å²) in [5, 5.41) is 10.6. The molecule has 0 unspecified atom stereocenters. The van der Waals surface area contributed by atoms with Crippen molar-refractivity contribution >= 4 is 17.2 Å². The molecule has 7 heteroatoms. The number of nitrogens with zero attached hydrogens (tertiary/aromatic N) is 3. The minimum atomic E-state index is -0.138. The van der Waals surface area contributed by atoms with E-state index in [1.54, 1.807) is 12.4 Å². The van der Waals surface area contributed by atoms with E-state index in [1.807, 2.05) is 17.6 Å². The molecule has 2 aromatic rings. The molecule has 0 aliphatic rings. The van der Waals surface area contributed by atoms with Gasteiger partial charge in [-0.1, -0.05) is 11.8 Å². The van der Waals surface area contributed by atoms with Gasteiger partial charge in [0.15, 0.2) is 5.82 Å². The third-order valence-electron chi connectivity index (χ3n) is 2.59. The van der Waals surface area contributed by atoms with Crippen molar-refractivity contribution in [3.8, 4) is 11.8 Å². The molecule has 104 valence electrons. The van der Waals surface area contributed by atoms with Crippen molar-refractivity contribution in [2.75, 3.05) is 6.54 Å². The number of aryl methyl sites for hydroxylation is 1. The molecule has 0 aliphatic heterocycles. The van der Waals surface area contributed by atoms with Gasteiger partial charge in [0.1, 0.15) is 6.33 Å². The number of nitrogens with one attached hydrogen (secondary N) is 1. The van der Waals surface area contributed by atoms with Crippen LogP contribution in [-0.2, 0) is 13.1 Å². The van der Waals surface area contributed by atoms with Crippen molar-refractivity contribution in [2.24, 2.45) is 5.73 Å². The Kier molecular flexibility index (Phi) is 4.87. The van der Waals surface area contributed by atoms with Crippen LogP contribution in [0, 0.1) is 11.8 Å². The molecule has 0 aliphatic carbocycles. The fourth-order valence-corrected chi connectivity index (χ4v) is 2.39. The molecule has 20 heavy (non-hydrogen) atoms. The van der Waals surface area contributed by atoms with E-state index in [9.17, 15) is 4.79 Å². The molecule has 0 atom stereocenters. The summed E-state index contributed by atoms with van der Waals surface area (Å²) in [7, 11) is 0. The van der Waals surface area contributed by atoms with Gasteiger partial charge in [-0.2, -0.15) is 0 Å². The lowest BCUT2D eigenvalue weighted by molar-refractivity contribution is 0.0953. The summed E-state index contributed by atoms with van der Waals surface area (Å²) in [6.07, 6.45) is 1.65. The second kappa shape index (κ2) is 6.84. The molecule has 0 saturated carbocycles. The Balaban J connectivity index is 1.96. The molecule has 0 saturated heterocycles. The third kappa shape index (κ3) is 3.44. The summed E-state index contributed by atoms with van der Waals surface area (Å²) in [6, 6.07) is 3.57. The Morgan fingerprint density at radius 1 is 1.55 bits per heavy atom. The van der Waals surface area contributed by atoms with Crippen LogP contribution in [0.15, 0.2) is 18.5 Å². The van der Waals surface area contributed by atoms with E-state index in [4.69, 9.17) is 5.73 Å². The molecular weight excluding hydrogens is 274 g/mol. The summed E-state index contributed by atoms with van der Waals surface area (Å²) in [6.45, 7) is 3.44. The zero-order valence-electron chi connectivity index (χ0n) is 11.1. The van der Waals surface area contributed by atoms with E-state index in [0.717, 1.165) is 17.2 Å². The van der Waals surface area contributed by atoms with Gasteiger partial charge in [0.05, 0.1) is 22.8 Å². The summed E-state index contributed by atoms with van der Waals surface area (Å²) in [5.74, 6) is 6.26. The highest BCUT2D eigenvalue weighted by atomic mass is 32.1. The van der Waals surface area contributed by atoms with Crippen LogP contribution < -0.4 is 11.1 Å². The van der Waals surface area contributed by atoms with Gasteiger partial charge in [0.2, 0.25) is 0 Å². The lowest BCUT2D eigenvalue weighted by Crippen LogP contribution is -2.23. The highest BCUT2D eigenvalue weighted by Gasteiger charge is 2.10. The Hall–Kier alpha value is -2.17. The molecule has 0 radical (unpaired) electrons. The Bertz CT molecular complexity index is 649. The average Bonchev–Trinajstić information content (AvgIpc) is 3.11. The molecule has 0 aromatic carbocycles. The van der Waals surface area contributed by atoms with Crippen LogP contribution in [0.3, 0.4) is 0 Å². The van der Waals surface area contributed by atoms with Crippen LogP contribution in [0.4, 0.5) is 0 Å². The van der Waals surface area contributed by atoms with E-state index in [1.165, 1.54) is 11.3 Å². The molecule has 2 aromatic heterocycles. The number of aromatic nitrogens is 3. The lowest BCUT2D eigenvalue weighted by atomic mass is 10.4. The van der Waals surface area contributed by atoms with E-state index in [-0.39, 0.29) is 5.91 Å². The quantitative estimate of drug-likeness (QED) is 0.807. The van der Waals surface area contributed by atoms with Crippen LogP contribution in [0.2, 0.25) is 0 Å². The number of hydrogen-bond donors (Lipinski definition) is 2. The SMILES string of the molecule is CCn1cnnc1CNC(=O)c1ccc(C#CCN)s1. The van der Waals surface area contributed by atoms with Crippen molar-refractivity contribution in [3.05, 3.63) is 34.0 Å². The Morgan fingerprint density at radius 3 is 3.15 bits per heavy atom. The van der Waals surface area contributed by atoms with Crippen molar-refractivity contribution in [2.45, 2.75) is 20.0 Å². The molecule has 0 spiro atoms. The fourth-order valence-electron chi connectivity index (χ4n) is 1.59. The summed E-state index contributed by atoms with van der Waals surface area (Å²) in [5.41, 5.74) is 5.31. The standard InChI is InChI=1S/C13H15N5OS/c1-2-18-9-16-17-12(18)8-15-13(19)11-6-5-10(20-11)4-3-7-14/h5-6,9H,2,7-8,14H2,1H3,(H,15,19). The number of carbonyl (C=O) groups excluding carboxylic acids is 1. The van der Waals surface area contributed by atoms with Crippen molar-refractivity contribution in [1.29, 1.82) is 0 Å². The largest absolute Gasteiger partial charge is 0.344 e. The van der Waals surface area contributed by atoms with Crippen LogP contribution >= 0.6 is 11.3 Å². The second-order valence-electron chi connectivity index (χ2n) is 3.89. The van der Waals surface area contributed by atoms with Crippen molar-refractivity contribution in [1.82, 2.24) is 20.1 Å². The van der Waals surface area contributed by atoms with Crippen LogP contribution in [0.25, 0.3) is 0 Å². The number of rotatable bonds is 4. The van der Waals surface area contributed by atoms with E-state index in [0.29, 0.717) is 18.0 Å². The van der Waals surface area contributed by atoms with E-state index in [2.05, 4.69) is 27.4 Å². The Labute approximate surface area is 121 Å². The van der Waals surface area contributed by atoms with Gasteiger partial charge < -0.3 is 15.6 Å². The third-order valence-corrected chi connectivity index (χ3v) is 3.59. The van der Waals surface area contributed by atoms with Gasteiger partial charge in [0.25, 0.3) is 5.91 Å². The fraction of sp³-hybridized carbons (Fsp3) is 0.308. The minimum absolute atomic E-state index is 0.138. The highest BCUT2D eigenvalue weighted by Crippen LogP contribution is 2.15. The second-order valence-corrected chi connectivity index (χ2v) is 4.97. The molecule has 0 bridgehead atoms. The van der Waals surface area contributed by atoms with Crippen LogP contribution in [0.1, 0.15) is 27.3 Å². The number of thiophene rings is 1. The van der Waals surface area contributed by atoms with Gasteiger partial charge >= 0.3 is 0 Å². The van der Waals surface area contributed by atoms with Gasteiger partial charge in [0, 0.05) is 6.54 Å². The van der Waals surface area contributed by atoms with Crippen molar-refractivity contribution in [3.63, 3.8) is 0 Å². The molecule has 6 nitrogen and oxygen atoms in total. The summed E-state index contributed by atoms with van der Waals surface area (Å²) < 4.78 is 1.88. The number of nitrogens with two attached hydrogens (primary N) is 1. The highest BCUT2D eigenvalue weighted by molar-refractivity contribution is 7.14. The minimum Gasteiger partial charge on any atom is -0.344 e. The zero-order valence-corrected chi connectivity index (χ0v) is 11.9. The van der Waals surface area contributed by atoms with Gasteiger partial charge in [-0.25, -0.2) is 0 Å². The molecule has 2 rings (SSSR count). The summed E-state index contributed by atoms with van der Waals surface area (Å²) in [4.78, 5) is 13.4. The Morgan fingerprint density at radius 2 is 2.40 bits per heavy atom. The van der Waals surface area contributed by atoms with E-state index >= 15 is 0 Å². The maximum Gasteiger partial charge on any atom is 0.261 e. The predicted octanol–water partition coefficient (Wildman–Crippen LogP) is 0.600. The maximum atomic E-state index is 12.0. The first-order valence-electron chi connectivity index (χ1n) is 6.18. The van der Waals surface area contributed by atoms with Crippen molar-refractivity contribution < 1.29 is 4.79 Å². The smallest absolute Gasteiger partial charge is 0.261 e. The van der Waals surface area contributed by atoms with Gasteiger partial charge in [-0.05, 0) is 19.1 Å². The van der Waals surface area contributed by atoms with Gasteiger partial charge in [-0.3, -0.25) is 4.79 Å². The molecule has 1 amide bonds. The molecular formula is C13H15N5OS. The topological polar surface area (TPSA) is 85.8 Å². The molecule has 0 fully saturated rings. The molecule has 2 heterocycles.